The number of aliphatic hydroxyl groups is 1. The molecule has 0 aliphatic carbocycles. The van der Waals surface area contributed by atoms with Crippen molar-refractivity contribution in [3.8, 4) is 11.5 Å². The van der Waals surface area contributed by atoms with Crippen molar-refractivity contribution >= 4 is 70.4 Å². The van der Waals surface area contributed by atoms with Crippen LogP contribution in [-0.4, -0.2) is 140 Å². The predicted molar refractivity (Wildman–Crippen MR) is 293 cm³/mol. The fourth-order valence-corrected chi connectivity index (χ4v) is 9.88. The van der Waals surface area contributed by atoms with E-state index in [1.54, 1.807) is 70.3 Å². The van der Waals surface area contributed by atoms with Gasteiger partial charge in [0.2, 0.25) is 17.7 Å². The second-order valence-corrected chi connectivity index (χ2v) is 21.1. The summed E-state index contributed by atoms with van der Waals surface area (Å²) < 4.78 is 35.5. The first kappa shape index (κ1) is 61.0. The highest BCUT2D eigenvalue weighted by molar-refractivity contribution is 6.35. The van der Waals surface area contributed by atoms with Gasteiger partial charge in [-0.1, -0.05) is 61.4 Å². The van der Waals surface area contributed by atoms with E-state index in [2.05, 4.69) is 21.3 Å². The summed E-state index contributed by atoms with van der Waals surface area (Å²) in [7, 11) is 7.10. The molecule has 3 heterocycles. The normalized spacial score (nSPS) is 24.4. The number of halogens is 1. The van der Waals surface area contributed by atoms with Gasteiger partial charge in [-0.15, -0.1) is 0 Å². The predicted octanol–water partition coefficient (Wildman–Crippen LogP) is 6.10. The third kappa shape index (κ3) is 14.5. The van der Waals surface area contributed by atoms with E-state index in [1.807, 2.05) is 19.1 Å². The topological polar surface area (TPSA) is 299 Å². The van der Waals surface area contributed by atoms with Crippen LogP contribution in [0.25, 0.3) is 0 Å². The maximum atomic E-state index is 14.5. The molecule has 2 fully saturated rings. The number of anilines is 3. The van der Waals surface area contributed by atoms with Gasteiger partial charge in [0.1, 0.15) is 47.4 Å². The number of nitrogens with two attached hydrogens (primary N) is 1. The molecule has 6 amide bonds. The monoisotopic (exact) mass is 1120 g/mol. The molecule has 3 aromatic rings. The van der Waals surface area contributed by atoms with Gasteiger partial charge in [-0.25, -0.2) is 14.4 Å². The molecule has 8 N–H and O–H groups in total. The lowest BCUT2D eigenvalue weighted by Gasteiger charge is -2.42. The quantitative estimate of drug-likeness (QED) is 0.0798. The summed E-state index contributed by atoms with van der Waals surface area (Å²) in [6.45, 7) is 9.92. The first-order valence-corrected chi connectivity index (χ1v) is 26.1. The van der Waals surface area contributed by atoms with E-state index in [-0.39, 0.29) is 71.7 Å². The third-order valence-corrected chi connectivity index (χ3v) is 15.0. The number of likely N-dealkylation sites (N-methyl/N-ethyl adjacent to an activating group) is 1. The molecule has 9 atom stereocenters. The Morgan fingerprint density at radius 2 is 1.70 bits per heavy atom. The number of benzene rings is 3. The number of methoxy groups -OCH3 is 3. The second-order valence-electron chi connectivity index (χ2n) is 20.7. The van der Waals surface area contributed by atoms with Crippen LogP contribution in [0.5, 0.6) is 11.5 Å². The number of carbonyl (C=O) groups excluding carboxylic acids is 6. The molecule has 23 heteroatoms. The van der Waals surface area contributed by atoms with E-state index in [0.29, 0.717) is 29.1 Å². The Hall–Kier alpha value is -7.24. The van der Waals surface area contributed by atoms with Crippen molar-refractivity contribution < 1.29 is 72.2 Å². The van der Waals surface area contributed by atoms with Gasteiger partial charge in [0.25, 0.3) is 5.91 Å². The smallest absolute Gasteiger partial charge is 0.412 e. The van der Waals surface area contributed by atoms with Crippen LogP contribution in [0, 0.1) is 11.8 Å². The van der Waals surface area contributed by atoms with Gasteiger partial charge in [0.15, 0.2) is 5.72 Å². The van der Waals surface area contributed by atoms with Crippen molar-refractivity contribution in [3.63, 3.8) is 0 Å². The molecule has 4 bridgehead atoms. The van der Waals surface area contributed by atoms with Gasteiger partial charge in [0, 0.05) is 56.8 Å². The Bertz CT molecular complexity index is 2860. The Morgan fingerprint density at radius 1 is 1.00 bits per heavy atom. The van der Waals surface area contributed by atoms with Crippen molar-refractivity contribution in [2.45, 2.75) is 128 Å². The molecule has 3 unspecified atom stereocenters. The molecule has 3 aromatic carbocycles. The van der Waals surface area contributed by atoms with E-state index < -0.39 is 89.6 Å². The number of carboxylic acids is 1. The minimum Gasteiger partial charge on any atom is -0.495 e. The molecule has 0 saturated carbocycles. The number of fused-ring (bicyclic) bond motifs is 5. The lowest BCUT2D eigenvalue weighted by atomic mass is 9.79. The fraction of sp³-hybridized carbons (Fsp3) is 0.482. The molecule has 0 aromatic heterocycles. The molecule has 22 nitrogen and oxygen atoms in total. The summed E-state index contributed by atoms with van der Waals surface area (Å²) >= 11 is 6.80. The SMILES string of the molecule is COc1cc2cc(c1Cl)N(C)C(=O)CC[C@]1(C)OC1C(Cc1c(C(=O)N(C)[C@@H](C)C(=O)O)ccc(NC(=O)OCc3ccc(NC(=O)C(C)NC(=O)[C@@H](N)C(C)C)cc3)c1OC)[C@@H]1C[C@@](O)(NC(=O)O1)[C@H](OC)/C=C/C=C(\C)C2. The number of epoxide rings is 1. The standard InChI is InChI=1S/C56H72ClN7O15/c1-29(2)46(58)50(67)59-31(4)49(66)60-35-17-15-33(16-18-35)28-77-53(71)61-39-20-19-36(51(68)63(7)32(5)52(69)70)37(47(39)76-11)26-38-42-27-56(73,62-54(72)78-42)43(75-10)14-12-13-30(3)23-34-24-40(45(57)41(25-34)74-9)64(8)44(65)21-22-55(6)48(38)79-55/h12-20,24-25,29,31-32,38,42-43,46,48,73H,21-23,26-28,58H2,1-11H3,(H,59,67)(H,60,66)(H,61,71)(H,62,72)(H,69,70)/b14-12+,30-13+/t31?,32-,38?,42-,43+,46-,48?,55-,56-/m0/s1. The molecule has 3 aliphatic rings. The van der Waals surface area contributed by atoms with Gasteiger partial charge in [-0.3, -0.25) is 29.8 Å². The number of carboxylic acid groups (broad SMARTS) is 1. The van der Waals surface area contributed by atoms with E-state index >= 15 is 0 Å². The van der Waals surface area contributed by atoms with Gasteiger partial charge < -0.3 is 64.8 Å². The zero-order valence-corrected chi connectivity index (χ0v) is 47.0. The first-order chi connectivity index (χ1) is 37.2. The number of nitrogens with one attached hydrogen (secondary N) is 4. The number of alkyl carbamates (subject to hydrolysis) is 1. The highest BCUT2D eigenvalue weighted by Gasteiger charge is 2.60. The lowest BCUT2D eigenvalue weighted by molar-refractivity contribution is -0.143. The Morgan fingerprint density at radius 3 is 2.33 bits per heavy atom. The van der Waals surface area contributed by atoms with Gasteiger partial charge in [-0.05, 0) is 100 Å². The van der Waals surface area contributed by atoms with Crippen LogP contribution >= 0.6 is 11.6 Å². The molecule has 428 valence electrons. The third-order valence-electron chi connectivity index (χ3n) is 14.6. The molecular weight excluding hydrogens is 1050 g/mol. The number of rotatable bonds is 16. The highest BCUT2D eigenvalue weighted by atomic mass is 35.5. The van der Waals surface area contributed by atoms with E-state index in [0.717, 1.165) is 16.0 Å². The minimum atomic E-state index is -2.07. The molecule has 2 saturated heterocycles. The Kier molecular flexibility index (Phi) is 19.8. The van der Waals surface area contributed by atoms with Crippen LogP contribution in [0.15, 0.2) is 72.3 Å². The summed E-state index contributed by atoms with van der Waals surface area (Å²) in [5.74, 6) is -3.96. The Labute approximate surface area is 464 Å². The Balaban J connectivity index is 1.34. The van der Waals surface area contributed by atoms with Gasteiger partial charge in [0.05, 0.1) is 43.3 Å². The van der Waals surface area contributed by atoms with Crippen molar-refractivity contribution in [2.24, 2.45) is 17.6 Å². The number of aliphatic carboxylic acids is 1. The van der Waals surface area contributed by atoms with E-state index in [1.165, 1.54) is 59.3 Å². The van der Waals surface area contributed by atoms with Crippen molar-refractivity contribution in [3.05, 3.63) is 99.6 Å². The summed E-state index contributed by atoms with van der Waals surface area (Å²) in [6, 6.07) is 9.87. The summed E-state index contributed by atoms with van der Waals surface area (Å²) in [6.07, 6.45) is 0.115. The number of ether oxygens (including phenoxy) is 6. The number of carbonyl (C=O) groups is 7. The maximum Gasteiger partial charge on any atom is 0.412 e. The van der Waals surface area contributed by atoms with Crippen LogP contribution in [0.1, 0.15) is 87.9 Å². The lowest BCUT2D eigenvalue weighted by Crippen LogP contribution is -2.63. The largest absolute Gasteiger partial charge is 0.495 e. The summed E-state index contributed by atoms with van der Waals surface area (Å²) in [5, 5.41) is 33.1. The van der Waals surface area contributed by atoms with Crippen LogP contribution in [0.2, 0.25) is 5.02 Å². The van der Waals surface area contributed by atoms with Crippen LogP contribution in [-0.2, 0) is 57.6 Å². The number of nitrogens with zero attached hydrogens (tertiary/aromatic N) is 2. The van der Waals surface area contributed by atoms with Crippen LogP contribution in [0.3, 0.4) is 0 Å². The summed E-state index contributed by atoms with van der Waals surface area (Å²) in [5.41, 5.74) is 6.00. The highest BCUT2D eigenvalue weighted by Crippen LogP contribution is 2.50. The van der Waals surface area contributed by atoms with E-state index in [9.17, 15) is 43.8 Å². The zero-order chi connectivity index (χ0) is 58.3. The van der Waals surface area contributed by atoms with Gasteiger partial charge in [-0.2, -0.15) is 0 Å². The minimum absolute atomic E-state index is 0.0320. The average Bonchev–Trinajstić information content (AvgIpc) is 4.11. The maximum absolute atomic E-state index is 14.5. The number of amides is 6. The number of allylic oxidation sites excluding steroid dienone is 3. The second kappa shape index (κ2) is 25.7. The van der Waals surface area contributed by atoms with Crippen molar-refractivity contribution in [2.75, 3.05) is 51.0 Å². The molecular formula is C56H72ClN7O15. The molecule has 0 radical (unpaired) electrons. The molecule has 6 rings (SSSR count). The number of hydrogen-bond donors (Lipinski definition) is 7. The number of hydrogen-bond acceptors (Lipinski definition) is 15. The molecule has 79 heavy (non-hydrogen) atoms. The van der Waals surface area contributed by atoms with Crippen LogP contribution < -0.4 is 41.4 Å². The molecule has 0 spiro atoms. The molecule has 3 aliphatic heterocycles. The van der Waals surface area contributed by atoms with Crippen molar-refractivity contribution in [1.29, 1.82) is 0 Å². The fourth-order valence-electron chi connectivity index (χ4n) is 9.56. The van der Waals surface area contributed by atoms with Gasteiger partial charge >= 0.3 is 18.2 Å². The summed E-state index contributed by atoms with van der Waals surface area (Å²) in [4.78, 5) is 95.8. The van der Waals surface area contributed by atoms with Crippen LogP contribution in [0.4, 0.5) is 26.7 Å². The first-order valence-electron chi connectivity index (χ1n) is 25.7. The van der Waals surface area contributed by atoms with E-state index in [4.69, 9.17) is 45.8 Å². The zero-order valence-electron chi connectivity index (χ0n) is 46.3. The van der Waals surface area contributed by atoms with Crippen molar-refractivity contribution in [1.82, 2.24) is 15.5 Å². The average molecular weight is 1120 g/mol.